The Balaban J connectivity index is 2.59. The monoisotopic (exact) mass is 203 g/mol. The van der Waals surface area contributed by atoms with E-state index >= 15 is 0 Å². The molecule has 0 saturated carbocycles. The van der Waals surface area contributed by atoms with Crippen molar-refractivity contribution in [3.8, 4) is 0 Å². The Morgan fingerprint density at radius 3 is 2.73 bits per heavy atom. The fourth-order valence-corrected chi connectivity index (χ4v) is 1.61. The predicted octanol–water partition coefficient (Wildman–Crippen LogP) is 1.14. The van der Waals surface area contributed by atoms with Crippen LogP contribution in [0.15, 0.2) is 18.5 Å². The van der Waals surface area contributed by atoms with E-state index in [1.165, 1.54) is 11.1 Å². The largest absolute Gasteiger partial charge is 0.368 e. The van der Waals surface area contributed by atoms with Gasteiger partial charge in [-0.25, -0.2) is 4.98 Å². The Morgan fingerprint density at radius 1 is 1.40 bits per heavy atom. The van der Waals surface area contributed by atoms with E-state index in [9.17, 15) is 4.79 Å². The first-order valence-electron chi connectivity index (χ1n) is 4.78. The van der Waals surface area contributed by atoms with Gasteiger partial charge in [0.1, 0.15) is 6.54 Å². The van der Waals surface area contributed by atoms with Gasteiger partial charge in [-0.3, -0.25) is 4.79 Å². The average molecular weight is 203 g/mol. The molecule has 0 aliphatic rings. The highest BCUT2D eigenvalue weighted by atomic mass is 16.1. The van der Waals surface area contributed by atoms with Crippen molar-refractivity contribution in [2.45, 2.75) is 20.4 Å². The lowest BCUT2D eigenvalue weighted by molar-refractivity contribution is -0.118. The van der Waals surface area contributed by atoms with Crippen molar-refractivity contribution in [1.29, 1.82) is 0 Å². The number of aryl methyl sites for hydroxylation is 2. The maximum absolute atomic E-state index is 10.8. The van der Waals surface area contributed by atoms with E-state index < -0.39 is 0 Å². The quantitative estimate of drug-likeness (QED) is 0.795. The van der Waals surface area contributed by atoms with Gasteiger partial charge in [0, 0.05) is 0 Å². The summed E-state index contributed by atoms with van der Waals surface area (Å²) in [6.07, 6.45) is 1.65. The van der Waals surface area contributed by atoms with Crippen molar-refractivity contribution >= 4 is 16.9 Å². The van der Waals surface area contributed by atoms with Crippen molar-refractivity contribution in [3.63, 3.8) is 0 Å². The Bertz CT molecular complexity index is 528. The second-order valence-electron chi connectivity index (χ2n) is 3.76. The van der Waals surface area contributed by atoms with Crippen molar-refractivity contribution in [3.05, 3.63) is 29.6 Å². The Kier molecular flexibility index (Phi) is 2.19. The Hall–Kier alpha value is -1.84. The molecule has 1 aromatic heterocycles. The maximum atomic E-state index is 10.8. The normalized spacial score (nSPS) is 10.8. The third-order valence-corrected chi connectivity index (χ3v) is 2.56. The van der Waals surface area contributed by atoms with Gasteiger partial charge in [0.05, 0.1) is 17.4 Å². The first-order chi connectivity index (χ1) is 7.08. The van der Waals surface area contributed by atoms with Crippen LogP contribution in [0.2, 0.25) is 0 Å². The molecule has 0 aliphatic carbocycles. The number of aromatic nitrogens is 2. The number of nitrogens with zero attached hydrogens (tertiary/aromatic N) is 2. The zero-order valence-electron chi connectivity index (χ0n) is 8.82. The predicted molar refractivity (Wildman–Crippen MR) is 58.4 cm³/mol. The molecule has 0 bridgehead atoms. The van der Waals surface area contributed by atoms with E-state index in [2.05, 4.69) is 4.98 Å². The average Bonchev–Trinajstić information content (AvgIpc) is 2.49. The Morgan fingerprint density at radius 2 is 2.07 bits per heavy atom. The van der Waals surface area contributed by atoms with Crippen molar-refractivity contribution < 1.29 is 4.79 Å². The van der Waals surface area contributed by atoms with Crippen molar-refractivity contribution in [2.24, 2.45) is 5.73 Å². The third kappa shape index (κ3) is 1.70. The van der Waals surface area contributed by atoms with Crippen LogP contribution in [-0.2, 0) is 11.3 Å². The highest BCUT2D eigenvalue weighted by Gasteiger charge is 2.06. The van der Waals surface area contributed by atoms with Gasteiger partial charge in [0.2, 0.25) is 5.91 Å². The number of carbonyl (C=O) groups is 1. The smallest absolute Gasteiger partial charge is 0.237 e. The van der Waals surface area contributed by atoms with Gasteiger partial charge >= 0.3 is 0 Å². The lowest BCUT2D eigenvalue weighted by atomic mass is 10.1. The summed E-state index contributed by atoms with van der Waals surface area (Å²) in [5, 5.41) is 0. The molecule has 4 heteroatoms. The number of hydrogen-bond donors (Lipinski definition) is 1. The van der Waals surface area contributed by atoms with Crippen LogP contribution in [0, 0.1) is 13.8 Å². The number of primary amides is 1. The molecule has 15 heavy (non-hydrogen) atoms. The molecular formula is C11H13N3O. The van der Waals surface area contributed by atoms with Crippen LogP contribution in [0.5, 0.6) is 0 Å². The summed E-state index contributed by atoms with van der Waals surface area (Å²) in [5.41, 5.74) is 9.40. The molecule has 0 radical (unpaired) electrons. The van der Waals surface area contributed by atoms with Crippen molar-refractivity contribution in [2.75, 3.05) is 0 Å². The van der Waals surface area contributed by atoms with Gasteiger partial charge in [-0.1, -0.05) is 0 Å². The molecule has 1 aromatic carbocycles. The molecule has 0 spiro atoms. The molecule has 1 amide bonds. The van der Waals surface area contributed by atoms with Gasteiger partial charge in [0.25, 0.3) is 0 Å². The first-order valence-corrected chi connectivity index (χ1v) is 4.78. The maximum Gasteiger partial charge on any atom is 0.237 e. The molecule has 78 valence electrons. The number of hydrogen-bond acceptors (Lipinski definition) is 2. The number of fused-ring (bicyclic) bond motifs is 1. The molecule has 2 aromatic rings. The van der Waals surface area contributed by atoms with Crippen molar-refractivity contribution in [1.82, 2.24) is 9.55 Å². The molecule has 0 saturated heterocycles. The fourth-order valence-electron chi connectivity index (χ4n) is 1.61. The second-order valence-corrected chi connectivity index (χ2v) is 3.76. The highest BCUT2D eigenvalue weighted by molar-refractivity contribution is 5.80. The number of benzene rings is 1. The van der Waals surface area contributed by atoms with Crippen LogP contribution in [0.1, 0.15) is 11.1 Å². The van der Waals surface area contributed by atoms with Crippen LogP contribution in [0.3, 0.4) is 0 Å². The molecule has 0 atom stereocenters. The van der Waals surface area contributed by atoms with E-state index in [1.54, 1.807) is 10.9 Å². The number of amides is 1. The summed E-state index contributed by atoms with van der Waals surface area (Å²) in [5.74, 6) is -0.354. The SMILES string of the molecule is Cc1cc2ncn(CC(N)=O)c2cc1C. The minimum absolute atomic E-state index is 0.180. The summed E-state index contributed by atoms with van der Waals surface area (Å²) in [6, 6.07) is 4.04. The van der Waals surface area contributed by atoms with Gasteiger partial charge in [-0.2, -0.15) is 0 Å². The van der Waals surface area contributed by atoms with Crippen LogP contribution in [0.25, 0.3) is 11.0 Å². The van der Waals surface area contributed by atoms with Crippen LogP contribution in [-0.4, -0.2) is 15.5 Å². The Labute approximate surface area is 87.7 Å². The second kappa shape index (κ2) is 3.38. The van der Waals surface area contributed by atoms with Gasteiger partial charge < -0.3 is 10.3 Å². The minimum atomic E-state index is -0.354. The fraction of sp³-hybridized carbons (Fsp3) is 0.273. The van der Waals surface area contributed by atoms with Gasteiger partial charge in [-0.15, -0.1) is 0 Å². The summed E-state index contributed by atoms with van der Waals surface area (Å²) >= 11 is 0. The van der Waals surface area contributed by atoms with E-state index in [4.69, 9.17) is 5.73 Å². The third-order valence-electron chi connectivity index (χ3n) is 2.56. The topological polar surface area (TPSA) is 60.9 Å². The minimum Gasteiger partial charge on any atom is -0.368 e. The standard InChI is InChI=1S/C11H13N3O/c1-7-3-9-10(4-8(7)2)14(6-13-9)5-11(12)15/h3-4,6H,5H2,1-2H3,(H2,12,15). The van der Waals surface area contributed by atoms with Gasteiger partial charge in [0.15, 0.2) is 0 Å². The van der Waals surface area contributed by atoms with Gasteiger partial charge in [-0.05, 0) is 37.1 Å². The van der Waals surface area contributed by atoms with Crippen LogP contribution < -0.4 is 5.73 Å². The van der Waals surface area contributed by atoms with Crippen LogP contribution in [0.4, 0.5) is 0 Å². The number of carbonyl (C=O) groups excluding carboxylic acids is 1. The molecule has 2 rings (SSSR count). The lowest BCUT2D eigenvalue weighted by Crippen LogP contribution is -2.17. The van der Waals surface area contributed by atoms with E-state index in [-0.39, 0.29) is 12.5 Å². The lowest BCUT2D eigenvalue weighted by Gasteiger charge is -2.03. The molecule has 0 unspecified atom stereocenters. The number of rotatable bonds is 2. The number of imidazole rings is 1. The van der Waals surface area contributed by atoms with Crippen LogP contribution >= 0.6 is 0 Å². The summed E-state index contributed by atoms with van der Waals surface area (Å²) in [7, 11) is 0. The summed E-state index contributed by atoms with van der Waals surface area (Å²) in [4.78, 5) is 15.1. The summed E-state index contributed by atoms with van der Waals surface area (Å²) in [6.45, 7) is 4.26. The van der Waals surface area contributed by atoms with E-state index in [1.807, 2.05) is 26.0 Å². The first kappa shape index (κ1) is 9.71. The van der Waals surface area contributed by atoms with E-state index in [0.717, 1.165) is 11.0 Å². The zero-order chi connectivity index (χ0) is 11.0. The summed E-state index contributed by atoms with van der Waals surface area (Å²) < 4.78 is 1.77. The van der Waals surface area contributed by atoms with E-state index in [0.29, 0.717) is 0 Å². The zero-order valence-corrected chi connectivity index (χ0v) is 8.82. The molecule has 4 nitrogen and oxygen atoms in total. The molecular weight excluding hydrogens is 190 g/mol. The highest BCUT2D eigenvalue weighted by Crippen LogP contribution is 2.17. The molecule has 1 heterocycles. The number of nitrogens with two attached hydrogens (primary N) is 1. The molecule has 0 aliphatic heterocycles. The molecule has 2 N–H and O–H groups in total. The molecule has 0 fully saturated rings.